The van der Waals surface area contributed by atoms with E-state index in [1.165, 1.54) is 12.8 Å². The number of nitrogens with two attached hydrogens (primary N) is 1. The van der Waals surface area contributed by atoms with Gasteiger partial charge in [0.1, 0.15) is 5.15 Å². The normalized spacial score (nSPS) is 24.7. The lowest BCUT2D eigenvalue weighted by Gasteiger charge is -2.37. The molecule has 0 aromatic carbocycles. The molecule has 1 aliphatic rings. The highest BCUT2D eigenvalue weighted by molar-refractivity contribution is 6.35. The number of hydrogen-bond donors (Lipinski definition) is 1. The first kappa shape index (κ1) is 15.0. The van der Waals surface area contributed by atoms with Crippen molar-refractivity contribution < 1.29 is 0 Å². The van der Waals surface area contributed by atoms with Crippen molar-refractivity contribution in [3.05, 3.63) is 27.5 Å². The van der Waals surface area contributed by atoms with Gasteiger partial charge in [-0.05, 0) is 45.2 Å². The van der Waals surface area contributed by atoms with Gasteiger partial charge in [-0.3, -0.25) is 4.90 Å². The molecule has 1 saturated heterocycles. The lowest BCUT2D eigenvalue weighted by Crippen LogP contribution is -2.43. The lowest BCUT2D eigenvalue weighted by molar-refractivity contribution is 0.113. The monoisotopic (exact) mass is 301 g/mol. The van der Waals surface area contributed by atoms with E-state index in [1.807, 2.05) is 13.0 Å². The Morgan fingerprint density at radius 3 is 2.79 bits per heavy atom. The van der Waals surface area contributed by atoms with Crippen LogP contribution in [0.15, 0.2) is 6.07 Å². The number of likely N-dealkylation sites (tertiary alicyclic amines) is 1. The summed E-state index contributed by atoms with van der Waals surface area (Å²) in [6, 6.07) is 2.41. The van der Waals surface area contributed by atoms with Crippen molar-refractivity contribution >= 4 is 23.2 Å². The molecule has 0 amide bonds. The molecule has 0 radical (unpaired) electrons. The van der Waals surface area contributed by atoms with Crippen LogP contribution in [0.4, 0.5) is 0 Å². The second kappa shape index (κ2) is 6.40. The van der Waals surface area contributed by atoms with E-state index in [2.05, 4.69) is 16.8 Å². The Kier molecular flexibility index (Phi) is 5.07. The largest absolute Gasteiger partial charge is 0.330 e. The first-order valence-electron chi connectivity index (χ1n) is 6.77. The number of nitrogens with zero attached hydrogens (tertiary/aromatic N) is 2. The Balaban J connectivity index is 2.15. The third-order valence-corrected chi connectivity index (χ3v) is 4.60. The van der Waals surface area contributed by atoms with E-state index in [9.17, 15) is 0 Å². The summed E-state index contributed by atoms with van der Waals surface area (Å²) in [6.45, 7) is 6.66. The predicted molar refractivity (Wildman–Crippen MR) is 80.6 cm³/mol. The molecule has 2 atom stereocenters. The molecule has 2 rings (SSSR count). The van der Waals surface area contributed by atoms with Crippen LogP contribution in [0.5, 0.6) is 0 Å². The van der Waals surface area contributed by atoms with Crippen molar-refractivity contribution in [3.8, 4) is 0 Å². The SMILES string of the molecule is Cc1cc(Cl)c(CN2CC(CN)CCC2C)c(Cl)n1. The standard InChI is InChI=1S/C14H21Cl2N3/c1-9-5-13(15)12(14(16)18-9)8-19-7-11(6-17)4-3-10(19)2/h5,10-11H,3-4,6-8,17H2,1-2H3. The molecule has 2 heterocycles. The Labute approximate surface area is 125 Å². The fourth-order valence-corrected chi connectivity index (χ4v) is 3.29. The average Bonchev–Trinajstić information content (AvgIpc) is 2.35. The summed E-state index contributed by atoms with van der Waals surface area (Å²) in [6.07, 6.45) is 2.39. The Morgan fingerprint density at radius 2 is 2.16 bits per heavy atom. The molecule has 1 aromatic heterocycles. The number of rotatable bonds is 3. The van der Waals surface area contributed by atoms with Crippen molar-refractivity contribution in [2.45, 2.75) is 39.3 Å². The van der Waals surface area contributed by atoms with Gasteiger partial charge in [0.25, 0.3) is 0 Å². The van der Waals surface area contributed by atoms with Crippen LogP contribution < -0.4 is 5.73 Å². The molecule has 0 spiro atoms. The molecule has 19 heavy (non-hydrogen) atoms. The number of pyridine rings is 1. The minimum absolute atomic E-state index is 0.520. The Hall–Kier alpha value is -0.350. The number of halogens is 2. The van der Waals surface area contributed by atoms with Crippen LogP contribution in [0.25, 0.3) is 0 Å². The second-order valence-electron chi connectivity index (χ2n) is 5.47. The summed E-state index contributed by atoms with van der Waals surface area (Å²) in [7, 11) is 0. The second-order valence-corrected chi connectivity index (χ2v) is 6.24. The van der Waals surface area contributed by atoms with Crippen LogP contribution in [0.2, 0.25) is 10.2 Å². The summed E-state index contributed by atoms with van der Waals surface area (Å²) < 4.78 is 0. The van der Waals surface area contributed by atoms with Crippen molar-refractivity contribution in [3.63, 3.8) is 0 Å². The molecule has 0 saturated carbocycles. The maximum Gasteiger partial charge on any atom is 0.135 e. The highest BCUT2D eigenvalue weighted by Crippen LogP contribution is 2.29. The van der Waals surface area contributed by atoms with Gasteiger partial charge in [-0.25, -0.2) is 4.98 Å². The zero-order valence-electron chi connectivity index (χ0n) is 11.5. The number of aromatic nitrogens is 1. The molecule has 0 aliphatic carbocycles. The molecule has 2 unspecified atom stereocenters. The predicted octanol–water partition coefficient (Wildman–Crippen LogP) is 3.26. The molecular formula is C14H21Cl2N3. The van der Waals surface area contributed by atoms with E-state index < -0.39 is 0 Å². The third-order valence-electron chi connectivity index (χ3n) is 3.95. The van der Waals surface area contributed by atoms with Gasteiger partial charge >= 0.3 is 0 Å². The molecule has 106 valence electrons. The quantitative estimate of drug-likeness (QED) is 0.872. The zero-order valence-corrected chi connectivity index (χ0v) is 13.0. The number of hydrogen-bond acceptors (Lipinski definition) is 3. The van der Waals surface area contributed by atoms with Gasteiger partial charge in [-0.15, -0.1) is 0 Å². The van der Waals surface area contributed by atoms with Gasteiger partial charge in [0, 0.05) is 35.4 Å². The molecule has 1 fully saturated rings. The van der Waals surface area contributed by atoms with E-state index in [-0.39, 0.29) is 0 Å². The molecule has 0 bridgehead atoms. The zero-order chi connectivity index (χ0) is 14.0. The highest BCUT2D eigenvalue weighted by atomic mass is 35.5. The summed E-state index contributed by atoms with van der Waals surface area (Å²) in [5.74, 6) is 0.576. The van der Waals surface area contributed by atoms with E-state index in [0.717, 1.165) is 30.9 Å². The molecule has 2 N–H and O–H groups in total. The molecule has 5 heteroatoms. The maximum absolute atomic E-state index is 6.30. The minimum atomic E-state index is 0.520. The van der Waals surface area contributed by atoms with Crippen LogP contribution in [-0.2, 0) is 6.54 Å². The fourth-order valence-electron chi connectivity index (χ4n) is 2.64. The summed E-state index contributed by atoms with van der Waals surface area (Å²) >= 11 is 12.5. The Morgan fingerprint density at radius 1 is 1.42 bits per heavy atom. The topological polar surface area (TPSA) is 42.1 Å². The maximum atomic E-state index is 6.30. The van der Waals surface area contributed by atoms with Crippen LogP contribution in [0.3, 0.4) is 0 Å². The average molecular weight is 302 g/mol. The van der Waals surface area contributed by atoms with Crippen molar-refractivity contribution in [1.82, 2.24) is 9.88 Å². The van der Waals surface area contributed by atoms with Crippen LogP contribution >= 0.6 is 23.2 Å². The summed E-state index contributed by atoms with van der Waals surface area (Å²) in [4.78, 5) is 6.70. The lowest BCUT2D eigenvalue weighted by atomic mass is 9.93. The van der Waals surface area contributed by atoms with E-state index >= 15 is 0 Å². The number of piperidine rings is 1. The summed E-state index contributed by atoms with van der Waals surface area (Å²) in [5, 5.41) is 1.23. The fraction of sp³-hybridized carbons (Fsp3) is 0.643. The van der Waals surface area contributed by atoms with Crippen molar-refractivity contribution in [2.75, 3.05) is 13.1 Å². The van der Waals surface area contributed by atoms with Gasteiger partial charge in [0.2, 0.25) is 0 Å². The van der Waals surface area contributed by atoms with Gasteiger partial charge in [-0.2, -0.15) is 0 Å². The van der Waals surface area contributed by atoms with Crippen LogP contribution in [-0.4, -0.2) is 29.0 Å². The Bertz CT molecular complexity index is 427. The van der Waals surface area contributed by atoms with Crippen LogP contribution in [0.1, 0.15) is 31.0 Å². The molecule has 3 nitrogen and oxygen atoms in total. The third kappa shape index (κ3) is 3.60. The first-order valence-corrected chi connectivity index (χ1v) is 7.52. The molecule has 1 aliphatic heterocycles. The number of aryl methyl sites for hydroxylation is 1. The minimum Gasteiger partial charge on any atom is -0.330 e. The van der Waals surface area contributed by atoms with Crippen LogP contribution in [0, 0.1) is 12.8 Å². The van der Waals surface area contributed by atoms with Crippen molar-refractivity contribution in [1.29, 1.82) is 0 Å². The van der Waals surface area contributed by atoms with Gasteiger partial charge in [0.05, 0.1) is 0 Å². The van der Waals surface area contributed by atoms with E-state index in [4.69, 9.17) is 28.9 Å². The highest BCUT2D eigenvalue weighted by Gasteiger charge is 2.26. The van der Waals surface area contributed by atoms with E-state index in [1.54, 1.807) is 0 Å². The first-order chi connectivity index (χ1) is 9.01. The molecule has 1 aromatic rings. The van der Waals surface area contributed by atoms with Gasteiger partial charge < -0.3 is 5.73 Å². The van der Waals surface area contributed by atoms with Crippen molar-refractivity contribution in [2.24, 2.45) is 11.7 Å². The van der Waals surface area contributed by atoms with Gasteiger partial charge in [-0.1, -0.05) is 23.2 Å². The smallest absolute Gasteiger partial charge is 0.135 e. The summed E-state index contributed by atoms with van der Waals surface area (Å²) in [5.41, 5.74) is 7.57. The molecular weight excluding hydrogens is 281 g/mol. The van der Waals surface area contributed by atoms with E-state index in [0.29, 0.717) is 22.1 Å². The van der Waals surface area contributed by atoms with Gasteiger partial charge in [0.15, 0.2) is 0 Å².